The molecule has 0 atom stereocenters. The lowest BCUT2D eigenvalue weighted by Gasteiger charge is -2.09. The molecule has 2 N–H and O–H groups in total. The van der Waals surface area contributed by atoms with Crippen LogP contribution in [0.5, 0.6) is 0 Å². The lowest BCUT2D eigenvalue weighted by molar-refractivity contribution is 0.0696. The van der Waals surface area contributed by atoms with E-state index in [1.807, 2.05) is 0 Å². The average molecular weight is 293 g/mol. The van der Waals surface area contributed by atoms with Gasteiger partial charge in [-0.25, -0.2) is 22.0 Å². The molecular weight excluding hydrogens is 280 g/mol. The van der Waals surface area contributed by atoms with Gasteiger partial charge in [0.15, 0.2) is 9.84 Å². The number of carboxylic acid groups (broad SMARTS) is 1. The Labute approximate surface area is 109 Å². The molecule has 0 spiro atoms. The second kappa shape index (κ2) is 5.96. The Morgan fingerprint density at radius 3 is 2.26 bits per heavy atom. The summed E-state index contributed by atoms with van der Waals surface area (Å²) >= 11 is 0. The highest BCUT2D eigenvalue weighted by atomic mass is 32.2. The van der Waals surface area contributed by atoms with Crippen LogP contribution < -0.4 is 5.32 Å². The lowest BCUT2D eigenvalue weighted by Crippen LogP contribution is -2.18. The number of anilines is 1. The van der Waals surface area contributed by atoms with Crippen LogP contribution in [-0.4, -0.2) is 37.5 Å². The van der Waals surface area contributed by atoms with E-state index in [0.717, 1.165) is 0 Å². The summed E-state index contributed by atoms with van der Waals surface area (Å²) in [7, 11) is -3.24. The number of nitrogens with one attached hydrogen (secondary N) is 1. The number of carboxylic acids is 1. The minimum Gasteiger partial charge on any atom is -0.478 e. The van der Waals surface area contributed by atoms with E-state index in [-0.39, 0.29) is 18.1 Å². The third-order valence-corrected chi connectivity index (χ3v) is 4.15. The third-order valence-electron chi connectivity index (χ3n) is 2.44. The predicted molar refractivity (Wildman–Crippen MR) is 66.1 cm³/mol. The molecule has 5 nitrogen and oxygen atoms in total. The van der Waals surface area contributed by atoms with Gasteiger partial charge in [0, 0.05) is 12.3 Å². The molecule has 1 rings (SSSR count). The summed E-state index contributed by atoms with van der Waals surface area (Å²) < 4.78 is 49.3. The van der Waals surface area contributed by atoms with Gasteiger partial charge in [-0.3, -0.25) is 0 Å². The molecule has 0 saturated heterocycles. The molecule has 19 heavy (non-hydrogen) atoms. The maximum atomic E-state index is 13.5. The second-order valence-electron chi connectivity index (χ2n) is 3.78. The first-order valence-electron chi connectivity index (χ1n) is 5.43. The van der Waals surface area contributed by atoms with Crippen molar-refractivity contribution >= 4 is 21.5 Å². The molecule has 1 aromatic carbocycles. The Morgan fingerprint density at radius 1 is 1.32 bits per heavy atom. The van der Waals surface area contributed by atoms with E-state index < -0.39 is 38.7 Å². The predicted octanol–water partition coefficient (Wildman–Crippen LogP) is 1.51. The number of hydrogen-bond donors (Lipinski definition) is 2. The Morgan fingerprint density at radius 2 is 1.84 bits per heavy atom. The van der Waals surface area contributed by atoms with Crippen molar-refractivity contribution in [1.82, 2.24) is 0 Å². The zero-order chi connectivity index (χ0) is 14.6. The van der Waals surface area contributed by atoms with Crippen molar-refractivity contribution in [3.63, 3.8) is 0 Å². The fourth-order valence-corrected chi connectivity index (χ4v) is 2.04. The normalized spacial score (nSPS) is 11.3. The largest absolute Gasteiger partial charge is 0.478 e. The first kappa shape index (κ1) is 15.4. The highest BCUT2D eigenvalue weighted by Gasteiger charge is 2.15. The van der Waals surface area contributed by atoms with E-state index in [1.54, 1.807) is 0 Å². The maximum absolute atomic E-state index is 13.5. The molecule has 0 aliphatic heterocycles. The topological polar surface area (TPSA) is 83.5 Å². The van der Waals surface area contributed by atoms with Crippen LogP contribution in [0.1, 0.15) is 17.3 Å². The summed E-state index contributed by atoms with van der Waals surface area (Å²) in [5, 5.41) is 10.9. The van der Waals surface area contributed by atoms with E-state index in [4.69, 9.17) is 5.11 Å². The van der Waals surface area contributed by atoms with Gasteiger partial charge in [0.1, 0.15) is 17.3 Å². The number of benzene rings is 1. The third kappa shape index (κ3) is 4.16. The SMILES string of the molecule is CCS(=O)(=O)CCNc1c(F)cc(C(=O)O)cc1F. The number of aromatic carboxylic acids is 1. The summed E-state index contributed by atoms with van der Waals surface area (Å²) in [6, 6.07) is 1.34. The average Bonchev–Trinajstić information content (AvgIpc) is 2.32. The quantitative estimate of drug-likeness (QED) is 0.830. The molecule has 0 aliphatic carbocycles. The van der Waals surface area contributed by atoms with Crippen LogP contribution in [0.25, 0.3) is 0 Å². The van der Waals surface area contributed by atoms with Crippen LogP contribution >= 0.6 is 0 Å². The summed E-state index contributed by atoms with van der Waals surface area (Å²) in [4.78, 5) is 10.6. The lowest BCUT2D eigenvalue weighted by atomic mass is 10.2. The van der Waals surface area contributed by atoms with Gasteiger partial charge < -0.3 is 10.4 Å². The summed E-state index contributed by atoms with van der Waals surface area (Å²) in [6.45, 7) is 1.31. The summed E-state index contributed by atoms with van der Waals surface area (Å²) in [5.41, 5.74) is -1.04. The monoisotopic (exact) mass is 293 g/mol. The molecule has 106 valence electrons. The first-order chi connectivity index (χ1) is 8.76. The zero-order valence-corrected chi connectivity index (χ0v) is 10.9. The van der Waals surface area contributed by atoms with E-state index >= 15 is 0 Å². The molecule has 0 bridgehead atoms. The Bertz CT molecular complexity index is 563. The first-order valence-corrected chi connectivity index (χ1v) is 7.25. The zero-order valence-electron chi connectivity index (χ0n) is 10.1. The number of rotatable bonds is 6. The Hall–Kier alpha value is -1.70. The highest BCUT2D eigenvalue weighted by molar-refractivity contribution is 7.91. The molecule has 0 aliphatic rings. The molecule has 0 aromatic heterocycles. The number of sulfone groups is 1. The molecule has 0 amide bonds. The van der Waals surface area contributed by atoms with Gasteiger partial charge in [-0.15, -0.1) is 0 Å². The van der Waals surface area contributed by atoms with E-state index in [1.165, 1.54) is 6.92 Å². The van der Waals surface area contributed by atoms with Gasteiger partial charge in [-0.05, 0) is 12.1 Å². The van der Waals surface area contributed by atoms with Gasteiger partial charge in [0.2, 0.25) is 0 Å². The maximum Gasteiger partial charge on any atom is 0.335 e. The van der Waals surface area contributed by atoms with Crippen molar-refractivity contribution < 1.29 is 27.1 Å². The van der Waals surface area contributed by atoms with E-state index in [0.29, 0.717) is 12.1 Å². The fourth-order valence-electron chi connectivity index (χ4n) is 1.34. The smallest absolute Gasteiger partial charge is 0.335 e. The summed E-state index contributed by atoms with van der Waals surface area (Å²) in [6.07, 6.45) is 0. The molecular formula is C11H13F2NO4S. The van der Waals surface area contributed by atoms with Crippen LogP contribution in [0.3, 0.4) is 0 Å². The van der Waals surface area contributed by atoms with E-state index in [2.05, 4.69) is 5.32 Å². The molecule has 0 fully saturated rings. The number of halogens is 2. The van der Waals surface area contributed by atoms with Gasteiger partial charge >= 0.3 is 5.97 Å². The minimum atomic E-state index is -3.24. The van der Waals surface area contributed by atoms with Crippen LogP contribution in [0.15, 0.2) is 12.1 Å². The van der Waals surface area contributed by atoms with Crippen molar-refractivity contribution in [3.8, 4) is 0 Å². The van der Waals surface area contributed by atoms with Crippen molar-refractivity contribution in [1.29, 1.82) is 0 Å². The molecule has 8 heteroatoms. The van der Waals surface area contributed by atoms with E-state index in [9.17, 15) is 22.0 Å². The van der Waals surface area contributed by atoms with Crippen molar-refractivity contribution in [2.75, 3.05) is 23.4 Å². The number of hydrogen-bond acceptors (Lipinski definition) is 4. The minimum absolute atomic E-state index is 0.0579. The highest BCUT2D eigenvalue weighted by Crippen LogP contribution is 2.20. The van der Waals surface area contributed by atoms with Gasteiger partial charge in [0.25, 0.3) is 0 Å². The standard InChI is InChI=1S/C11H13F2NO4S/c1-2-19(17,18)4-3-14-10-8(12)5-7(11(15)16)6-9(10)13/h5-6,14H,2-4H2,1H3,(H,15,16). The Balaban J connectivity index is 2.83. The second-order valence-corrected chi connectivity index (χ2v) is 6.26. The molecule has 0 heterocycles. The molecule has 0 radical (unpaired) electrons. The molecule has 0 saturated carbocycles. The molecule has 0 unspecified atom stereocenters. The van der Waals surface area contributed by atoms with Crippen LogP contribution in [0.4, 0.5) is 14.5 Å². The van der Waals surface area contributed by atoms with Gasteiger partial charge in [0.05, 0.1) is 11.3 Å². The van der Waals surface area contributed by atoms with Crippen molar-refractivity contribution in [2.45, 2.75) is 6.92 Å². The fraction of sp³-hybridized carbons (Fsp3) is 0.364. The van der Waals surface area contributed by atoms with Gasteiger partial charge in [-0.2, -0.15) is 0 Å². The molecule has 1 aromatic rings. The van der Waals surface area contributed by atoms with Gasteiger partial charge in [-0.1, -0.05) is 6.92 Å². The summed E-state index contributed by atoms with van der Waals surface area (Å²) in [5.74, 6) is -3.92. The van der Waals surface area contributed by atoms with Crippen LogP contribution in [0.2, 0.25) is 0 Å². The Kier molecular flexibility index (Phi) is 4.82. The van der Waals surface area contributed by atoms with Crippen molar-refractivity contribution in [2.24, 2.45) is 0 Å². The van der Waals surface area contributed by atoms with Crippen molar-refractivity contribution in [3.05, 3.63) is 29.3 Å². The van der Waals surface area contributed by atoms with Crippen LogP contribution in [0, 0.1) is 11.6 Å². The number of carbonyl (C=O) groups is 1. The van der Waals surface area contributed by atoms with Crippen LogP contribution in [-0.2, 0) is 9.84 Å².